The van der Waals surface area contributed by atoms with E-state index in [0.29, 0.717) is 6.04 Å². The molecule has 24 heavy (non-hydrogen) atoms. The molecule has 3 heteroatoms. The molecule has 2 aliphatic heterocycles. The van der Waals surface area contributed by atoms with Gasteiger partial charge in [0.2, 0.25) is 0 Å². The number of benzene rings is 1. The molecule has 2 fully saturated rings. The SMILES string of the molecule is c1cc2c(cc1OCCN1CCCCCC1)CCC2N1CCCC1. The summed E-state index contributed by atoms with van der Waals surface area (Å²) in [7, 11) is 0. The minimum Gasteiger partial charge on any atom is -0.492 e. The van der Waals surface area contributed by atoms with Gasteiger partial charge in [-0.3, -0.25) is 9.80 Å². The molecule has 1 aromatic carbocycles. The van der Waals surface area contributed by atoms with Crippen LogP contribution in [0.5, 0.6) is 5.75 Å². The molecule has 2 heterocycles. The largest absolute Gasteiger partial charge is 0.492 e. The van der Waals surface area contributed by atoms with Gasteiger partial charge in [-0.1, -0.05) is 18.9 Å². The number of ether oxygens (including phenoxy) is 1. The van der Waals surface area contributed by atoms with Crippen molar-refractivity contribution < 1.29 is 4.74 Å². The molecule has 0 spiro atoms. The maximum absolute atomic E-state index is 6.08. The third kappa shape index (κ3) is 3.78. The number of aryl methyl sites for hydroxylation is 1. The molecular weight excluding hydrogens is 296 g/mol. The molecule has 1 atom stereocenters. The van der Waals surface area contributed by atoms with Crippen molar-refractivity contribution in [2.75, 3.05) is 39.3 Å². The molecule has 1 unspecified atom stereocenters. The predicted molar refractivity (Wildman–Crippen MR) is 98.7 cm³/mol. The molecule has 0 amide bonds. The predicted octanol–water partition coefficient (Wildman–Crippen LogP) is 4.02. The van der Waals surface area contributed by atoms with Gasteiger partial charge in [-0.25, -0.2) is 0 Å². The summed E-state index contributed by atoms with van der Waals surface area (Å²) in [6, 6.07) is 7.53. The number of rotatable bonds is 5. The van der Waals surface area contributed by atoms with E-state index in [0.717, 1.165) is 18.9 Å². The Morgan fingerprint density at radius 2 is 1.67 bits per heavy atom. The number of hydrogen-bond acceptors (Lipinski definition) is 3. The van der Waals surface area contributed by atoms with E-state index < -0.39 is 0 Å². The maximum atomic E-state index is 6.08. The lowest BCUT2D eigenvalue weighted by Crippen LogP contribution is -2.29. The smallest absolute Gasteiger partial charge is 0.119 e. The van der Waals surface area contributed by atoms with Crippen LogP contribution in [0.25, 0.3) is 0 Å². The van der Waals surface area contributed by atoms with Crippen molar-refractivity contribution in [2.45, 2.75) is 57.4 Å². The number of likely N-dealkylation sites (tertiary alicyclic amines) is 2. The van der Waals surface area contributed by atoms with Crippen LogP contribution < -0.4 is 4.74 Å². The number of fused-ring (bicyclic) bond motifs is 1. The van der Waals surface area contributed by atoms with Crippen LogP contribution in [0.4, 0.5) is 0 Å². The van der Waals surface area contributed by atoms with Crippen LogP contribution in [0.1, 0.15) is 62.1 Å². The summed E-state index contributed by atoms with van der Waals surface area (Å²) in [5, 5.41) is 0. The molecule has 2 saturated heterocycles. The lowest BCUT2D eigenvalue weighted by atomic mass is 10.1. The van der Waals surface area contributed by atoms with E-state index in [1.165, 1.54) is 83.1 Å². The van der Waals surface area contributed by atoms with E-state index in [1.807, 2.05) is 0 Å². The van der Waals surface area contributed by atoms with Crippen LogP contribution in [-0.2, 0) is 6.42 Å². The van der Waals surface area contributed by atoms with E-state index in [2.05, 4.69) is 28.0 Å². The third-order valence-corrected chi connectivity index (χ3v) is 6.12. The molecule has 4 rings (SSSR count). The summed E-state index contributed by atoms with van der Waals surface area (Å²) in [6.45, 7) is 6.99. The second kappa shape index (κ2) is 7.88. The zero-order chi connectivity index (χ0) is 16.2. The first-order chi connectivity index (χ1) is 11.9. The first-order valence-corrected chi connectivity index (χ1v) is 10.1. The van der Waals surface area contributed by atoms with Crippen LogP contribution >= 0.6 is 0 Å². The molecule has 3 nitrogen and oxygen atoms in total. The molecule has 3 aliphatic rings. The van der Waals surface area contributed by atoms with Crippen molar-refractivity contribution in [3.8, 4) is 5.75 Å². The maximum Gasteiger partial charge on any atom is 0.119 e. The van der Waals surface area contributed by atoms with Crippen LogP contribution in [0.3, 0.4) is 0 Å². The van der Waals surface area contributed by atoms with Crippen LogP contribution in [0.2, 0.25) is 0 Å². The van der Waals surface area contributed by atoms with Gasteiger partial charge in [0.15, 0.2) is 0 Å². The first-order valence-electron chi connectivity index (χ1n) is 10.1. The highest BCUT2D eigenvalue weighted by Crippen LogP contribution is 2.38. The lowest BCUT2D eigenvalue weighted by molar-refractivity contribution is 0.214. The van der Waals surface area contributed by atoms with Gasteiger partial charge >= 0.3 is 0 Å². The van der Waals surface area contributed by atoms with Gasteiger partial charge in [0.1, 0.15) is 12.4 Å². The Bertz CT molecular complexity index is 531. The van der Waals surface area contributed by atoms with Gasteiger partial charge in [0.05, 0.1) is 0 Å². The van der Waals surface area contributed by atoms with Crippen molar-refractivity contribution in [3.63, 3.8) is 0 Å². The summed E-state index contributed by atoms with van der Waals surface area (Å²) in [4.78, 5) is 5.26. The zero-order valence-electron chi connectivity index (χ0n) is 15.0. The van der Waals surface area contributed by atoms with Crippen molar-refractivity contribution in [1.29, 1.82) is 0 Å². The lowest BCUT2D eigenvalue weighted by Gasteiger charge is -2.24. The van der Waals surface area contributed by atoms with Gasteiger partial charge in [0.25, 0.3) is 0 Å². The summed E-state index contributed by atoms with van der Waals surface area (Å²) >= 11 is 0. The molecule has 0 N–H and O–H groups in total. The Balaban J connectivity index is 1.31. The van der Waals surface area contributed by atoms with Gasteiger partial charge in [-0.2, -0.15) is 0 Å². The molecule has 1 aliphatic carbocycles. The summed E-state index contributed by atoms with van der Waals surface area (Å²) in [6.07, 6.45) is 10.8. The van der Waals surface area contributed by atoms with Crippen molar-refractivity contribution in [2.24, 2.45) is 0 Å². The quantitative estimate of drug-likeness (QED) is 0.812. The normalized spacial score (nSPS) is 25.6. The van der Waals surface area contributed by atoms with Crippen molar-refractivity contribution in [1.82, 2.24) is 9.80 Å². The Morgan fingerprint density at radius 1 is 0.917 bits per heavy atom. The second-order valence-electron chi connectivity index (χ2n) is 7.76. The molecule has 0 bridgehead atoms. The summed E-state index contributed by atoms with van der Waals surface area (Å²) in [5.74, 6) is 1.07. The van der Waals surface area contributed by atoms with Crippen molar-refractivity contribution >= 4 is 0 Å². The molecule has 1 aromatic rings. The van der Waals surface area contributed by atoms with Gasteiger partial charge in [0, 0.05) is 12.6 Å². The Kier molecular flexibility index (Phi) is 5.39. The standard InChI is InChI=1S/C21H32N2O/c1-2-4-12-22(11-3-1)15-16-24-19-8-9-20-18(17-19)7-10-21(20)23-13-5-6-14-23/h8-9,17,21H,1-7,10-16H2. The Hall–Kier alpha value is -1.06. The fraction of sp³-hybridized carbons (Fsp3) is 0.714. The van der Waals surface area contributed by atoms with Crippen LogP contribution in [-0.4, -0.2) is 49.1 Å². The number of nitrogens with zero attached hydrogens (tertiary/aromatic N) is 2. The van der Waals surface area contributed by atoms with Gasteiger partial charge in [-0.15, -0.1) is 0 Å². The highest BCUT2D eigenvalue weighted by atomic mass is 16.5. The topological polar surface area (TPSA) is 15.7 Å². The monoisotopic (exact) mass is 328 g/mol. The highest BCUT2D eigenvalue weighted by molar-refractivity contribution is 5.40. The Labute approximate surface area is 147 Å². The zero-order valence-corrected chi connectivity index (χ0v) is 15.0. The first kappa shape index (κ1) is 16.4. The minimum atomic E-state index is 0.675. The second-order valence-corrected chi connectivity index (χ2v) is 7.76. The van der Waals surface area contributed by atoms with Gasteiger partial charge < -0.3 is 4.74 Å². The summed E-state index contributed by atoms with van der Waals surface area (Å²) in [5.41, 5.74) is 3.09. The Morgan fingerprint density at radius 3 is 2.46 bits per heavy atom. The highest BCUT2D eigenvalue weighted by Gasteiger charge is 2.29. The minimum absolute atomic E-state index is 0.675. The van der Waals surface area contributed by atoms with Gasteiger partial charge in [-0.05, 0) is 88.0 Å². The fourth-order valence-electron chi connectivity index (χ4n) is 4.75. The average molecular weight is 329 g/mol. The molecule has 0 aromatic heterocycles. The van der Waals surface area contributed by atoms with E-state index in [9.17, 15) is 0 Å². The van der Waals surface area contributed by atoms with Crippen LogP contribution in [0.15, 0.2) is 18.2 Å². The number of hydrogen-bond donors (Lipinski definition) is 0. The fourth-order valence-corrected chi connectivity index (χ4v) is 4.75. The van der Waals surface area contributed by atoms with E-state index in [-0.39, 0.29) is 0 Å². The van der Waals surface area contributed by atoms with E-state index >= 15 is 0 Å². The molecule has 0 saturated carbocycles. The molecular formula is C21H32N2O. The van der Waals surface area contributed by atoms with Crippen LogP contribution in [0, 0.1) is 0 Å². The van der Waals surface area contributed by atoms with E-state index in [4.69, 9.17) is 4.74 Å². The summed E-state index contributed by atoms with van der Waals surface area (Å²) < 4.78 is 6.08. The van der Waals surface area contributed by atoms with E-state index in [1.54, 1.807) is 5.56 Å². The third-order valence-electron chi connectivity index (χ3n) is 6.12. The van der Waals surface area contributed by atoms with Crippen molar-refractivity contribution in [3.05, 3.63) is 29.3 Å². The molecule has 132 valence electrons. The molecule has 0 radical (unpaired) electrons. The average Bonchev–Trinajstić information content (AvgIpc) is 3.19.